The van der Waals surface area contributed by atoms with Crippen LogP contribution in [-0.4, -0.2) is 18.5 Å². The molecule has 0 aliphatic heterocycles. The second-order valence-corrected chi connectivity index (χ2v) is 6.61. The van der Waals surface area contributed by atoms with Gasteiger partial charge in [0.05, 0.1) is 6.61 Å². The van der Waals surface area contributed by atoms with E-state index in [1.54, 1.807) is 18.2 Å². The number of hydrogen-bond acceptors (Lipinski definition) is 5. The molecule has 0 fully saturated rings. The quantitative estimate of drug-likeness (QED) is 0.231. The van der Waals surface area contributed by atoms with Crippen LogP contribution in [0.2, 0.25) is 0 Å². The monoisotopic (exact) mass is 378 g/mol. The van der Waals surface area contributed by atoms with E-state index in [-0.39, 0.29) is 23.4 Å². The van der Waals surface area contributed by atoms with E-state index in [9.17, 15) is 9.59 Å². The third-order valence-electron chi connectivity index (χ3n) is 4.14. The van der Waals surface area contributed by atoms with Crippen LogP contribution < -0.4 is 14.2 Å². The number of ether oxygens (including phenoxy) is 3. The molecule has 0 amide bonds. The van der Waals surface area contributed by atoms with Crippen LogP contribution in [0.1, 0.15) is 85.0 Å². The van der Waals surface area contributed by atoms with Gasteiger partial charge in [-0.2, -0.15) is 0 Å². The first-order valence-electron chi connectivity index (χ1n) is 10.3. The van der Waals surface area contributed by atoms with Gasteiger partial charge in [-0.25, -0.2) is 0 Å². The highest BCUT2D eigenvalue weighted by atomic mass is 16.6. The van der Waals surface area contributed by atoms with Gasteiger partial charge in [-0.05, 0) is 31.9 Å². The predicted molar refractivity (Wildman–Crippen MR) is 106 cm³/mol. The fourth-order valence-electron chi connectivity index (χ4n) is 2.65. The lowest BCUT2D eigenvalue weighted by atomic mass is 10.1. The van der Waals surface area contributed by atoms with Crippen LogP contribution in [0.25, 0.3) is 0 Å². The molecule has 0 saturated carbocycles. The highest BCUT2D eigenvalue weighted by Gasteiger charge is 2.15. The Morgan fingerprint density at radius 2 is 1.30 bits per heavy atom. The first-order valence-corrected chi connectivity index (χ1v) is 10.3. The van der Waals surface area contributed by atoms with E-state index >= 15 is 0 Å². The Hall–Kier alpha value is -2.04. The molecule has 0 saturated heterocycles. The lowest BCUT2D eigenvalue weighted by molar-refractivity contribution is -0.137. The zero-order chi connectivity index (χ0) is 19.9. The summed E-state index contributed by atoms with van der Waals surface area (Å²) in [5.74, 6) is 0.453. The predicted octanol–water partition coefficient (Wildman–Crippen LogP) is 5.84. The van der Waals surface area contributed by atoms with Crippen LogP contribution in [0.4, 0.5) is 0 Å². The molecular weight excluding hydrogens is 344 g/mol. The fourth-order valence-corrected chi connectivity index (χ4v) is 2.65. The van der Waals surface area contributed by atoms with E-state index in [1.165, 1.54) is 0 Å². The van der Waals surface area contributed by atoms with Crippen molar-refractivity contribution in [1.82, 2.24) is 0 Å². The number of unbranched alkanes of at least 4 members (excludes halogenated alkanes) is 6. The van der Waals surface area contributed by atoms with Crippen LogP contribution in [0.3, 0.4) is 0 Å². The SMILES string of the molecule is CCCCCCC(=O)Oc1ccc(OCC)cc1OC(=O)CCCCCC. The molecule has 0 unspecified atom stereocenters. The fraction of sp³-hybridized carbons (Fsp3) is 0.636. The number of carbonyl (C=O) groups is 2. The maximum absolute atomic E-state index is 12.1. The van der Waals surface area contributed by atoms with Crippen molar-refractivity contribution in [3.8, 4) is 17.2 Å². The molecule has 5 heteroatoms. The molecule has 5 nitrogen and oxygen atoms in total. The summed E-state index contributed by atoms with van der Waals surface area (Å²) < 4.78 is 16.4. The maximum Gasteiger partial charge on any atom is 0.311 e. The highest BCUT2D eigenvalue weighted by Crippen LogP contribution is 2.32. The number of benzene rings is 1. The summed E-state index contributed by atoms with van der Waals surface area (Å²) in [5, 5.41) is 0. The molecular formula is C22H34O5. The minimum atomic E-state index is -0.319. The van der Waals surface area contributed by atoms with Gasteiger partial charge in [-0.1, -0.05) is 52.4 Å². The molecule has 1 aromatic carbocycles. The van der Waals surface area contributed by atoms with Crippen molar-refractivity contribution in [2.45, 2.75) is 85.0 Å². The molecule has 0 atom stereocenters. The molecule has 1 aromatic rings. The zero-order valence-corrected chi connectivity index (χ0v) is 17.1. The summed E-state index contributed by atoms with van der Waals surface area (Å²) >= 11 is 0. The van der Waals surface area contributed by atoms with E-state index < -0.39 is 0 Å². The summed E-state index contributed by atoms with van der Waals surface area (Å²) in [6, 6.07) is 4.93. The molecule has 0 aliphatic rings. The standard InChI is InChI=1S/C22H34O5/c1-4-7-9-11-13-21(23)26-19-16-15-18(25-6-3)17-20(19)27-22(24)14-12-10-8-5-2/h15-17H,4-14H2,1-3H3. The Balaban J connectivity index is 2.69. The topological polar surface area (TPSA) is 61.8 Å². The van der Waals surface area contributed by atoms with Crippen molar-refractivity contribution in [2.24, 2.45) is 0 Å². The number of carbonyl (C=O) groups excluding carboxylic acids is 2. The molecule has 1 rings (SSSR count). The van der Waals surface area contributed by atoms with Gasteiger partial charge >= 0.3 is 11.9 Å². The van der Waals surface area contributed by atoms with Crippen molar-refractivity contribution in [1.29, 1.82) is 0 Å². The summed E-state index contributed by atoms with van der Waals surface area (Å²) in [7, 11) is 0. The molecule has 0 bridgehead atoms. The van der Waals surface area contributed by atoms with Crippen molar-refractivity contribution < 1.29 is 23.8 Å². The van der Waals surface area contributed by atoms with Gasteiger partial charge in [0.1, 0.15) is 5.75 Å². The second-order valence-electron chi connectivity index (χ2n) is 6.61. The minimum Gasteiger partial charge on any atom is -0.494 e. The summed E-state index contributed by atoms with van der Waals surface area (Å²) in [6.45, 7) is 6.63. The van der Waals surface area contributed by atoms with Gasteiger partial charge in [0.15, 0.2) is 11.5 Å². The van der Waals surface area contributed by atoms with Crippen LogP contribution in [0.5, 0.6) is 17.2 Å². The van der Waals surface area contributed by atoms with Gasteiger partial charge < -0.3 is 14.2 Å². The average Bonchev–Trinajstić information content (AvgIpc) is 2.65. The van der Waals surface area contributed by atoms with Crippen LogP contribution >= 0.6 is 0 Å². The zero-order valence-electron chi connectivity index (χ0n) is 17.1. The van der Waals surface area contributed by atoms with E-state index in [0.717, 1.165) is 51.4 Å². The Morgan fingerprint density at radius 3 is 1.81 bits per heavy atom. The Kier molecular flexibility index (Phi) is 12.0. The summed E-state index contributed by atoms with van der Waals surface area (Å²) in [5.41, 5.74) is 0. The molecule has 0 N–H and O–H groups in total. The van der Waals surface area contributed by atoms with Gasteiger partial charge in [-0.15, -0.1) is 0 Å². The normalized spacial score (nSPS) is 10.5. The Labute approximate surface area is 163 Å². The molecule has 0 radical (unpaired) electrons. The van der Waals surface area contributed by atoms with Crippen LogP contribution in [0.15, 0.2) is 18.2 Å². The van der Waals surface area contributed by atoms with E-state index in [0.29, 0.717) is 25.2 Å². The summed E-state index contributed by atoms with van der Waals surface area (Å²) in [6.07, 6.45) is 8.77. The third kappa shape index (κ3) is 10.0. The second kappa shape index (κ2) is 14.1. The summed E-state index contributed by atoms with van der Waals surface area (Å²) in [4.78, 5) is 24.2. The van der Waals surface area contributed by atoms with Crippen molar-refractivity contribution in [3.63, 3.8) is 0 Å². The number of esters is 2. The maximum atomic E-state index is 12.1. The first kappa shape index (κ1) is 23.0. The smallest absolute Gasteiger partial charge is 0.311 e. The Morgan fingerprint density at radius 1 is 0.741 bits per heavy atom. The molecule has 0 spiro atoms. The van der Waals surface area contributed by atoms with Crippen LogP contribution in [0, 0.1) is 0 Å². The molecule has 0 aromatic heterocycles. The van der Waals surface area contributed by atoms with E-state index in [2.05, 4.69) is 13.8 Å². The van der Waals surface area contributed by atoms with Crippen molar-refractivity contribution in [2.75, 3.05) is 6.61 Å². The lowest BCUT2D eigenvalue weighted by Crippen LogP contribution is -2.12. The number of hydrogen-bond donors (Lipinski definition) is 0. The minimum absolute atomic E-state index is 0.239. The van der Waals surface area contributed by atoms with Gasteiger partial charge in [0.25, 0.3) is 0 Å². The lowest BCUT2D eigenvalue weighted by Gasteiger charge is -2.12. The van der Waals surface area contributed by atoms with Gasteiger partial charge in [-0.3, -0.25) is 9.59 Å². The number of rotatable bonds is 14. The van der Waals surface area contributed by atoms with Crippen LogP contribution in [-0.2, 0) is 9.59 Å². The van der Waals surface area contributed by atoms with E-state index in [1.807, 2.05) is 6.92 Å². The third-order valence-corrected chi connectivity index (χ3v) is 4.14. The highest BCUT2D eigenvalue weighted by molar-refractivity contribution is 5.76. The van der Waals surface area contributed by atoms with Crippen molar-refractivity contribution in [3.05, 3.63) is 18.2 Å². The first-order chi connectivity index (χ1) is 13.1. The molecule has 27 heavy (non-hydrogen) atoms. The average molecular weight is 379 g/mol. The Bertz CT molecular complexity index is 568. The largest absolute Gasteiger partial charge is 0.494 e. The molecule has 152 valence electrons. The van der Waals surface area contributed by atoms with E-state index in [4.69, 9.17) is 14.2 Å². The molecule has 0 aliphatic carbocycles. The molecule has 0 heterocycles. The van der Waals surface area contributed by atoms with Gasteiger partial charge in [0.2, 0.25) is 0 Å². The van der Waals surface area contributed by atoms with Crippen molar-refractivity contribution >= 4 is 11.9 Å². The van der Waals surface area contributed by atoms with Gasteiger partial charge in [0, 0.05) is 18.9 Å².